The third-order valence-corrected chi connectivity index (χ3v) is 4.34. The Bertz CT molecular complexity index is 632. The highest BCUT2D eigenvalue weighted by molar-refractivity contribution is 6.30. The third kappa shape index (κ3) is 2.23. The molecule has 0 saturated heterocycles. The number of nitrogens with one attached hydrogen (secondary N) is 1. The molecule has 0 aromatic carbocycles. The van der Waals surface area contributed by atoms with Crippen molar-refractivity contribution in [3.05, 3.63) is 31.6 Å². The zero-order chi connectivity index (χ0) is 14.1. The van der Waals surface area contributed by atoms with E-state index in [1.54, 1.807) is 4.57 Å². The highest BCUT2D eigenvalue weighted by atomic mass is 35.5. The van der Waals surface area contributed by atoms with Gasteiger partial charge in [-0.1, -0.05) is 16.7 Å². The second-order valence-corrected chi connectivity index (χ2v) is 5.61. The third-order valence-electron chi connectivity index (χ3n) is 4.04. The standard InChI is InChI=1S/C12H15ClN6O/c13-10-9-5-4-8(6-15-18-14)19(9)12(20)11(17-10)16-7-2-1-3-7/h7-8H,1-6H2,(H,16,17). The Morgan fingerprint density at radius 3 is 2.95 bits per heavy atom. The molecule has 1 fully saturated rings. The van der Waals surface area contributed by atoms with Crippen LogP contribution in [0.2, 0.25) is 5.15 Å². The Kier molecular flexibility index (Phi) is 3.54. The summed E-state index contributed by atoms with van der Waals surface area (Å²) < 4.78 is 1.64. The summed E-state index contributed by atoms with van der Waals surface area (Å²) in [4.78, 5) is 19.5. The number of hydrogen-bond donors (Lipinski definition) is 1. The van der Waals surface area contributed by atoms with Crippen molar-refractivity contribution in [1.29, 1.82) is 0 Å². The van der Waals surface area contributed by atoms with Gasteiger partial charge in [0, 0.05) is 23.5 Å². The molecule has 2 aliphatic rings. The Balaban J connectivity index is 1.97. The van der Waals surface area contributed by atoms with Crippen molar-refractivity contribution in [2.24, 2.45) is 5.11 Å². The van der Waals surface area contributed by atoms with Crippen LogP contribution in [0.25, 0.3) is 10.4 Å². The van der Waals surface area contributed by atoms with E-state index >= 15 is 0 Å². The highest BCUT2D eigenvalue weighted by Gasteiger charge is 2.28. The first kappa shape index (κ1) is 13.3. The number of halogens is 1. The topological polar surface area (TPSA) is 95.7 Å². The summed E-state index contributed by atoms with van der Waals surface area (Å²) in [5.74, 6) is 0.316. The first-order chi connectivity index (χ1) is 9.70. The van der Waals surface area contributed by atoms with E-state index in [9.17, 15) is 4.79 Å². The number of rotatable bonds is 4. The van der Waals surface area contributed by atoms with Crippen molar-refractivity contribution < 1.29 is 0 Å². The Morgan fingerprint density at radius 1 is 1.50 bits per heavy atom. The van der Waals surface area contributed by atoms with Gasteiger partial charge in [0.1, 0.15) is 0 Å². The lowest BCUT2D eigenvalue weighted by Gasteiger charge is -2.27. The van der Waals surface area contributed by atoms with Crippen LogP contribution in [0.1, 0.15) is 37.4 Å². The number of azide groups is 1. The van der Waals surface area contributed by atoms with E-state index in [1.165, 1.54) is 6.42 Å². The molecular formula is C12H15ClN6O. The maximum absolute atomic E-state index is 12.5. The molecule has 1 N–H and O–H groups in total. The van der Waals surface area contributed by atoms with E-state index in [0.717, 1.165) is 25.0 Å². The second kappa shape index (κ2) is 5.34. The van der Waals surface area contributed by atoms with Crippen molar-refractivity contribution in [2.45, 2.75) is 44.2 Å². The van der Waals surface area contributed by atoms with E-state index in [0.29, 0.717) is 23.4 Å². The molecule has 7 nitrogen and oxygen atoms in total. The molecule has 3 rings (SSSR count). The predicted octanol–water partition coefficient (Wildman–Crippen LogP) is 2.66. The Hall–Kier alpha value is -1.72. The molecule has 8 heteroatoms. The fraction of sp³-hybridized carbons (Fsp3) is 0.667. The number of anilines is 1. The smallest absolute Gasteiger partial charge is 0.293 e. The molecule has 2 heterocycles. The van der Waals surface area contributed by atoms with E-state index in [1.807, 2.05) is 0 Å². The quantitative estimate of drug-likeness (QED) is 0.525. The summed E-state index contributed by atoms with van der Waals surface area (Å²) in [5, 5.41) is 7.11. The molecule has 1 aromatic heterocycles. The first-order valence-corrected chi connectivity index (χ1v) is 7.17. The van der Waals surface area contributed by atoms with E-state index in [4.69, 9.17) is 17.1 Å². The van der Waals surface area contributed by atoms with Gasteiger partial charge in [0.15, 0.2) is 11.0 Å². The fourth-order valence-electron chi connectivity index (χ4n) is 2.73. The van der Waals surface area contributed by atoms with E-state index in [2.05, 4.69) is 20.3 Å². The molecule has 106 valence electrons. The number of hydrogen-bond acceptors (Lipinski definition) is 4. The van der Waals surface area contributed by atoms with Crippen molar-refractivity contribution in [3.63, 3.8) is 0 Å². The van der Waals surface area contributed by atoms with Gasteiger partial charge in [-0.25, -0.2) is 4.98 Å². The minimum Gasteiger partial charge on any atom is -0.363 e. The van der Waals surface area contributed by atoms with Crippen LogP contribution in [0.5, 0.6) is 0 Å². The molecule has 0 amide bonds. The van der Waals surface area contributed by atoms with Gasteiger partial charge in [0.05, 0.1) is 5.69 Å². The van der Waals surface area contributed by atoms with Crippen LogP contribution in [0.4, 0.5) is 5.82 Å². The second-order valence-electron chi connectivity index (χ2n) is 5.25. The molecule has 0 bridgehead atoms. The zero-order valence-corrected chi connectivity index (χ0v) is 11.7. The normalized spacial score (nSPS) is 20.9. The predicted molar refractivity (Wildman–Crippen MR) is 76.1 cm³/mol. The first-order valence-electron chi connectivity index (χ1n) is 6.79. The fourth-order valence-corrected chi connectivity index (χ4v) is 3.00. The average molecular weight is 295 g/mol. The highest BCUT2D eigenvalue weighted by Crippen LogP contribution is 2.30. The van der Waals surface area contributed by atoms with Crippen LogP contribution >= 0.6 is 11.6 Å². The minimum atomic E-state index is -0.160. The molecule has 1 saturated carbocycles. The Morgan fingerprint density at radius 2 is 2.30 bits per heavy atom. The summed E-state index contributed by atoms with van der Waals surface area (Å²) in [6.45, 7) is 0.270. The van der Waals surface area contributed by atoms with Crippen molar-refractivity contribution in [1.82, 2.24) is 9.55 Å². The molecule has 0 spiro atoms. The lowest BCUT2D eigenvalue weighted by atomic mass is 9.93. The summed E-state index contributed by atoms with van der Waals surface area (Å²) in [6, 6.07) is 0.206. The lowest BCUT2D eigenvalue weighted by molar-refractivity contribution is 0.442. The minimum absolute atomic E-state index is 0.115. The van der Waals surface area contributed by atoms with Crippen LogP contribution in [0.15, 0.2) is 9.91 Å². The number of fused-ring (bicyclic) bond motifs is 1. The van der Waals surface area contributed by atoms with Crippen LogP contribution in [0, 0.1) is 0 Å². The van der Waals surface area contributed by atoms with Gasteiger partial charge in [-0.3, -0.25) is 4.79 Å². The number of nitrogens with zero attached hydrogens (tertiary/aromatic N) is 5. The van der Waals surface area contributed by atoms with Crippen LogP contribution in [-0.4, -0.2) is 22.1 Å². The van der Waals surface area contributed by atoms with Crippen LogP contribution in [-0.2, 0) is 6.42 Å². The van der Waals surface area contributed by atoms with Gasteiger partial charge in [0.25, 0.3) is 5.56 Å². The molecule has 1 atom stereocenters. The molecule has 1 aliphatic carbocycles. The largest absolute Gasteiger partial charge is 0.363 e. The Labute approximate surface area is 120 Å². The van der Waals surface area contributed by atoms with Gasteiger partial charge < -0.3 is 9.88 Å². The summed E-state index contributed by atoms with van der Waals surface area (Å²) in [7, 11) is 0. The van der Waals surface area contributed by atoms with Gasteiger partial charge in [-0.2, -0.15) is 0 Å². The summed E-state index contributed by atoms with van der Waals surface area (Å²) >= 11 is 6.18. The molecule has 1 aromatic rings. The van der Waals surface area contributed by atoms with Gasteiger partial charge in [-0.15, -0.1) is 0 Å². The molecule has 0 radical (unpaired) electrons. The monoisotopic (exact) mass is 294 g/mol. The average Bonchev–Trinajstić information content (AvgIpc) is 2.81. The zero-order valence-electron chi connectivity index (χ0n) is 10.9. The maximum atomic E-state index is 12.5. The number of aromatic nitrogens is 2. The van der Waals surface area contributed by atoms with Gasteiger partial charge in [-0.05, 0) is 37.6 Å². The van der Waals surface area contributed by atoms with Crippen LogP contribution < -0.4 is 10.9 Å². The molecule has 1 aliphatic heterocycles. The van der Waals surface area contributed by atoms with Crippen molar-refractivity contribution >= 4 is 17.4 Å². The molecule has 20 heavy (non-hydrogen) atoms. The summed E-state index contributed by atoms with van der Waals surface area (Å²) in [5.41, 5.74) is 9.02. The van der Waals surface area contributed by atoms with E-state index < -0.39 is 0 Å². The van der Waals surface area contributed by atoms with Gasteiger partial charge >= 0.3 is 0 Å². The molecular weight excluding hydrogens is 280 g/mol. The molecule has 1 unspecified atom stereocenters. The van der Waals surface area contributed by atoms with Gasteiger partial charge in [0.2, 0.25) is 0 Å². The SMILES string of the molecule is [N-]=[N+]=NCC1CCc2c(Cl)nc(NC3CCC3)c(=O)n21. The van der Waals surface area contributed by atoms with E-state index in [-0.39, 0.29) is 18.1 Å². The van der Waals surface area contributed by atoms with Crippen molar-refractivity contribution in [2.75, 3.05) is 11.9 Å². The lowest BCUT2D eigenvalue weighted by Crippen LogP contribution is -2.34. The van der Waals surface area contributed by atoms with Crippen molar-refractivity contribution in [3.8, 4) is 0 Å². The van der Waals surface area contributed by atoms with Crippen LogP contribution in [0.3, 0.4) is 0 Å². The summed E-state index contributed by atoms with van der Waals surface area (Å²) in [6.07, 6.45) is 4.74. The maximum Gasteiger partial charge on any atom is 0.293 e.